The lowest BCUT2D eigenvalue weighted by atomic mass is 10.2. The molecule has 1 aliphatic rings. The van der Waals surface area contributed by atoms with E-state index in [1.807, 2.05) is 6.07 Å². The molecule has 1 saturated heterocycles. The molecule has 0 amide bonds. The lowest BCUT2D eigenvalue weighted by molar-refractivity contribution is 0.195. The summed E-state index contributed by atoms with van der Waals surface area (Å²) in [6, 6.07) is 2.36. The zero-order valence-corrected chi connectivity index (χ0v) is 8.23. The summed E-state index contributed by atoms with van der Waals surface area (Å²) >= 11 is 0. The number of nitrogens with one attached hydrogen (secondary N) is 2. The maximum Gasteiger partial charge on any atom is 0.110 e. The van der Waals surface area contributed by atoms with Crippen molar-refractivity contribution in [1.82, 2.24) is 15.2 Å². The summed E-state index contributed by atoms with van der Waals surface area (Å²) in [5, 5.41) is 10.4. The number of anilines is 1. The van der Waals surface area contributed by atoms with Crippen LogP contribution in [0.25, 0.3) is 11.0 Å². The second-order valence-electron chi connectivity index (χ2n) is 3.69. The van der Waals surface area contributed by atoms with Crippen molar-refractivity contribution in [2.45, 2.75) is 12.5 Å². The molecule has 0 aliphatic carbocycles. The Kier molecular flexibility index (Phi) is 2.03. The molecule has 0 spiro atoms. The second-order valence-corrected chi connectivity index (χ2v) is 3.69. The van der Waals surface area contributed by atoms with Gasteiger partial charge in [-0.3, -0.25) is 10.1 Å². The number of fused-ring (bicyclic) bond motifs is 1. The predicted molar refractivity (Wildman–Crippen MR) is 56.7 cm³/mol. The van der Waals surface area contributed by atoms with E-state index in [1.165, 1.54) is 0 Å². The summed E-state index contributed by atoms with van der Waals surface area (Å²) < 4.78 is 5.32. The van der Waals surface area contributed by atoms with Crippen molar-refractivity contribution in [2.24, 2.45) is 0 Å². The summed E-state index contributed by atoms with van der Waals surface area (Å²) in [4.78, 5) is 4.21. The molecule has 1 aliphatic heterocycles. The topological polar surface area (TPSA) is 62.8 Å². The molecule has 5 nitrogen and oxygen atoms in total. The van der Waals surface area contributed by atoms with Crippen molar-refractivity contribution >= 4 is 16.7 Å². The fourth-order valence-corrected chi connectivity index (χ4v) is 1.84. The number of ether oxygens (including phenoxy) is 1. The molecule has 0 bridgehead atoms. The average Bonchev–Trinajstić information content (AvgIpc) is 2.87. The van der Waals surface area contributed by atoms with Crippen LogP contribution in [-0.2, 0) is 4.74 Å². The molecule has 78 valence electrons. The first-order valence-electron chi connectivity index (χ1n) is 5.06. The van der Waals surface area contributed by atoms with Crippen LogP contribution in [0.5, 0.6) is 0 Å². The van der Waals surface area contributed by atoms with Crippen LogP contribution in [0.1, 0.15) is 6.42 Å². The molecular formula is C10H12N4O. The summed E-state index contributed by atoms with van der Waals surface area (Å²) in [6.07, 6.45) is 4.57. The van der Waals surface area contributed by atoms with Crippen LogP contribution in [0.3, 0.4) is 0 Å². The van der Waals surface area contributed by atoms with Crippen molar-refractivity contribution in [3.8, 4) is 0 Å². The van der Waals surface area contributed by atoms with Gasteiger partial charge in [-0.05, 0) is 12.5 Å². The van der Waals surface area contributed by atoms with E-state index in [2.05, 4.69) is 20.5 Å². The number of aromatic amines is 1. The first-order valence-corrected chi connectivity index (χ1v) is 5.06. The Hall–Kier alpha value is -1.62. The molecular weight excluding hydrogens is 192 g/mol. The zero-order chi connectivity index (χ0) is 10.1. The van der Waals surface area contributed by atoms with Crippen LogP contribution >= 0.6 is 0 Å². The van der Waals surface area contributed by atoms with Crippen molar-refractivity contribution in [2.75, 3.05) is 18.5 Å². The SMILES string of the molecule is c1cc(NC2CCOC2)c2[nH]ncc2n1. The van der Waals surface area contributed by atoms with E-state index >= 15 is 0 Å². The Balaban J connectivity index is 1.92. The molecule has 1 fully saturated rings. The number of H-pyrrole nitrogens is 1. The number of rotatable bonds is 2. The van der Waals surface area contributed by atoms with Crippen LogP contribution in [0.2, 0.25) is 0 Å². The molecule has 1 unspecified atom stereocenters. The molecule has 0 saturated carbocycles. The molecule has 1 atom stereocenters. The van der Waals surface area contributed by atoms with E-state index in [9.17, 15) is 0 Å². The number of hydrogen-bond acceptors (Lipinski definition) is 4. The van der Waals surface area contributed by atoms with Crippen LogP contribution in [0.15, 0.2) is 18.5 Å². The van der Waals surface area contributed by atoms with Gasteiger partial charge >= 0.3 is 0 Å². The van der Waals surface area contributed by atoms with E-state index in [1.54, 1.807) is 12.4 Å². The Morgan fingerprint density at radius 3 is 3.40 bits per heavy atom. The molecule has 0 aromatic carbocycles. The quantitative estimate of drug-likeness (QED) is 0.770. The lowest BCUT2D eigenvalue weighted by Crippen LogP contribution is -2.19. The van der Waals surface area contributed by atoms with Crippen LogP contribution < -0.4 is 5.32 Å². The highest BCUT2D eigenvalue weighted by atomic mass is 16.5. The number of pyridine rings is 1. The molecule has 3 heterocycles. The van der Waals surface area contributed by atoms with Crippen molar-refractivity contribution in [3.63, 3.8) is 0 Å². The smallest absolute Gasteiger partial charge is 0.110 e. The van der Waals surface area contributed by atoms with Crippen LogP contribution in [0, 0.1) is 0 Å². The van der Waals surface area contributed by atoms with Gasteiger partial charge in [-0.15, -0.1) is 0 Å². The van der Waals surface area contributed by atoms with Crippen molar-refractivity contribution in [1.29, 1.82) is 0 Å². The molecule has 0 radical (unpaired) electrons. The molecule has 2 aromatic rings. The fourth-order valence-electron chi connectivity index (χ4n) is 1.84. The standard InChI is InChI=1S/C10H12N4O/c1-3-11-9-5-12-14-10(9)8(1)13-7-2-4-15-6-7/h1,3,5,7H,2,4,6H2,(H,11,13)(H,12,14). The van der Waals surface area contributed by atoms with Gasteiger partial charge in [-0.1, -0.05) is 0 Å². The van der Waals surface area contributed by atoms with Gasteiger partial charge in [0.2, 0.25) is 0 Å². The Labute approximate surface area is 86.8 Å². The minimum absolute atomic E-state index is 0.402. The van der Waals surface area contributed by atoms with Gasteiger partial charge in [-0.25, -0.2) is 0 Å². The molecule has 5 heteroatoms. The van der Waals surface area contributed by atoms with Crippen LogP contribution in [-0.4, -0.2) is 34.4 Å². The number of nitrogens with zero attached hydrogens (tertiary/aromatic N) is 2. The zero-order valence-electron chi connectivity index (χ0n) is 8.23. The largest absolute Gasteiger partial charge is 0.379 e. The van der Waals surface area contributed by atoms with Gasteiger partial charge in [0.15, 0.2) is 0 Å². The highest BCUT2D eigenvalue weighted by Gasteiger charge is 2.16. The molecule has 2 N–H and O–H groups in total. The minimum Gasteiger partial charge on any atom is -0.379 e. The first-order chi connectivity index (χ1) is 7.43. The first kappa shape index (κ1) is 8.67. The second kappa shape index (κ2) is 3.51. The highest BCUT2D eigenvalue weighted by molar-refractivity contribution is 5.86. The third-order valence-corrected chi connectivity index (χ3v) is 2.63. The maximum atomic E-state index is 5.32. The Bertz CT molecular complexity index is 461. The van der Waals surface area contributed by atoms with Gasteiger partial charge in [0, 0.05) is 12.8 Å². The predicted octanol–water partition coefficient (Wildman–Crippen LogP) is 1.16. The van der Waals surface area contributed by atoms with Crippen LogP contribution in [0.4, 0.5) is 5.69 Å². The van der Waals surface area contributed by atoms with E-state index in [-0.39, 0.29) is 0 Å². The summed E-state index contributed by atoms with van der Waals surface area (Å²) in [5.74, 6) is 0. The third-order valence-electron chi connectivity index (χ3n) is 2.63. The van der Waals surface area contributed by atoms with Gasteiger partial charge in [0.05, 0.1) is 24.5 Å². The Morgan fingerprint density at radius 1 is 1.53 bits per heavy atom. The average molecular weight is 204 g/mol. The van der Waals surface area contributed by atoms with E-state index < -0.39 is 0 Å². The normalized spacial score (nSPS) is 20.9. The summed E-state index contributed by atoms with van der Waals surface area (Å²) in [6.45, 7) is 1.62. The summed E-state index contributed by atoms with van der Waals surface area (Å²) in [7, 11) is 0. The van der Waals surface area contributed by atoms with Gasteiger partial charge in [-0.2, -0.15) is 5.10 Å². The highest BCUT2D eigenvalue weighted by Crippen LogP contribution is 2.20. The fraction of sp³-hybridized carbons (Fsp3) is 0.400. The van der Waals surface area contributed by atoms with Crippen molar-refractivity contribution in [3.05, 3.63) is 18.5 Å². The van der Waals surface area contributed by atoms with Gasteiger partial charge in [0.25, 0.3) is 0 Å². The summed E-state index contributed by atoms with van der Waals surface area (Å²) in [5.41, 5.74) is 2.90. The van der Waals surface area contributed by atoms with E-state index in [0.29, 0.717) is 6.04 Å². The van der Waals surface area contributed by atoms with E-state index in [4.69, 9.17) is 4.74 Å². The lowest BCUT2D eigenvalue weighted by Gasteiger charge is -2.12. The monoisotopic (exact) mass is 204 g/mol. The van der Waals surface area contributed by atoms with E-state index in [0.717, 1.165) is 36.4 Å². The minimum atomic E-state index is 0.402. The molecule has 2 aromatic heterocycles. The van der Waals surface area contributed by atoms with Gasteiger partial charge in [0.1, 0.15) is 11.0 Å². The number of aromatic nitrogens is 3. The third kappa shape index (κ3) is 1.55. The van der Waals surface area contributed by atoms with Crippen molar-refractivity contribution < 1.29 is 4.74 Å². The molecule has 15 heavy (non-hydrogen) atoms. The maximum absolute atomic E-state index is 5.32. The Morgan fingerprint density at radius 2 is 2.53 bits per heavy atom. The number of hydrogen-bond donors (Lipinski definition) is 2. The molecule has 3 rings (SSSR count). The van der Waals surface area contributed by atoms with Gasteiger partial charge < -0.3 is 10.1 Å².